The minimum Gasteiger partial charge on any atom is -0.396 e. The standard InChI is InChI=1S/C8H14O3/c9-6-5-7-1-3-8(10,11-7)4-2-7/h9-10H,1-6H2. The van der Waals surface area contributed by atoms with Crippen molar-refractivity contribution in [1.82, 2.24) is 0 Å². The van der Waals surface area contributed by atoms with Crippen LogP contribution in [0.1, 0.15) is 32.1 Å². The number of rotatable bonds is 2. The van der Waals surface area contributed by atoms with Crippen LogP contribution < -0.4 is 0 Å². The molecular weight excluding hydrogens is 144 g/mol. The van der Waals surface area contributed by atoms with E-state index in [-0.39, 0.29) is 12.2 Å². The lowest BCUT2D eigenvalue weighted by atomic mass is 9.85. The average Bonchev–Trinajstić information content (AvgIpc) is 2.42. The Morgan fingerprint density at radius 3 is 2.18 bits per heavy atom. The summed E-state index contributed by atoms with van der Waals surface area (Å²) in [6.45, 7) is 0.163. The number of hydrogen-bond acceptors (Lipinski definition) is 3. The first-order valence-electron chi connectivity index (χ1n) is 4.22. The van der Waals surface area contributed by atoms with Crippen LogP contribution in [0.2, 0.25) is 0 Å². The van der Waals surface area contributed by atoms with Crippen LogP contribution >= 0.6 is 0 Å². The summed E-state index contributed by atoms with van der Waals surface area (Å²) < 4.78 is 5.48. The van der Waals surface area contributed by atoms with Crippen molar-refractivity contribution in [2.45, 2.75) is 43.5 Å². The predicted octanol–water partition coefficient (Wildman–Crippen LogP) is 0.400. The molecule has 0 aromatic carbocycles. The van der Waals surface area contributed by atoms with Crippen LogP contribution in [0.3, 0.4) is 0 Å². The quantitative estimate of drug-likeness (QED) is 0.611. The lowest BCUT2D eigenvalue weighted by molar-refractivity contribution is -0.182. The molecule has 0 radical (unpaired) electrons. The largest absolute Gasteiger partial charge is 0.396 e. The highest BCUT2D eigenvalue weighted by Gasteiger charge is 2.54. The lowest BCUT2D eigenvalue weighted by Crippen LogP contribution is -2.26. The molecule has 2 saturated heterocycles. The summed E-state index contributed by atoms with van der Waals surface area (Å²) in [6, 6.07) is 0. The number of aliphatic hydroxyl groups excluding tert-OH is 1. The average molecular weight is 158 g/mol. The zero-order valence-electron chi connectivity index (χ0n) is 6.55. The molecule has 2 bridgehead atoms. The molecule has 0 aromatic heterocycles. The molecular formula is C8H14O3. The summed E-state index contributed by atoms with van der Waals surface area (Å²) in [5, 5.41) is 18.4. The molecule has 0 saturated carbocycles. The first-order valence-corrected chi connectivity index (χ1v) is 4.22. The van der Waals surface area contributed by atoms with E-state index in [2.05, 4.69) is 0 Å². The number of fused-ring (bicyclic) bond motifs is 2. The van der Waals surface area contributed by atoms with Gasteiger partial charge in [-0.3, -0.25) is 0 Å². The van der Waals surface area contributed by atoms with Crippen LogP contribution in [0.25, 0.3) is 0 Å². The van der Waals surface area contributed by atoms with E-state index < -0.39 is 5.79 Å². The van der Waals surface area contributed by atoms with E-state index in [0.29, 0.717) is 6.42 Å². The van der Waals surface area contributed by atoms with Gasteiger partial charge < -0.3 is 14.9 Å². The lowest BCUT2D eigenvalue weighted by Gasteiger charge is -2.22. The van der Waals surface area contributed by atoms with Crippen molar-refractivity contribution >= 4 is 0 Å². The smallest absolute Gasteiger partial charge is 0.166 e. The van der Waals surface area contributed by atoms with Crippen molar-refractivity contribution in [3.8, 4) is 0 Å². The van der Waals surface area contributed by atoms with Crippen LogP contribution in [-0.2, 0) is 4.74 Å². The Bertz CT molecular complexity index is 153. The predicted molar refractivity (Wildman–Crippen MR) is 38.9 cm³/mol. The van der Waals surface area contributed by atoms with Crippen LogP contribution in [0, 0.1) is 0 Å². The van der Waals surface area contributed by atoms with E-state index in [1.165, 1.54) is 0 Å². The number of hydrogen-bond donors (Lipinski definition) is 2. The SMILES string of the molecule is OCCC12CCC(O)(CC1)O2. The fourth-order valence-corrected chi connectivity index (χ4v) is 2.21. The molecule has 2 aliphatic rings. The number of ether oxygens (including phenoxy) is 1. The van der Waals surface area contributed by atoms with E-state index in [9.17, 15) is 5.11 Å². The van der Waals surface area contributed by atoms with Crippen molar-refractivity contribution < 1.29 is 14.9 Å². The summed E-state index contributed by atoms with van der Waals surface area (Å²) in [5.74, 6) is -0.838. The third kappa shape index (κ3) is 1.08. The molecule has 0 aromatic rings. The van der Waals surface area contributed by atoms with E-state index in [1.54, 1.807) is 0 Å². The maximum absolute atomic E-state index is 9.63. The van der Waals surface area contributed by atoms with Gasteiger partial charge in [-0.05, 0) is 19.3 Å². The van der Waals surface area contributed by atoms with Gasteiger partial charge in [-0.15, -0.1) is 0 Å². The molecule has 2 N–H and O–H groups in total. The molecule has 0 spiro atoms. The Kier molecular flexibility index (Phi) is 1.50. The first-order chi connectivity index (χ1) is 5.18. The van der Waals surface area contributed by atoms with Gasteiger partial charge in [0.05, 0.1) is 5.60 Å². The van der Waals surface area contributed by atoms with Gasteiger partial charge in [-0.25, -0.2) is 0 Å². The molecule has 0 atom stereocenters. The van der Waals surface area contributed by atoms with E-state index in [4.69, 9.17) is 9.84 Å². The fraction of sp³-hybridized carbons (Fsp3) is 1.00. The van der Waals surface area contributed by atoms with Gasteiger partial charge in [-0.1, -0.05) is 0 Å². The second kappa shape index (κ2) is 2.19. The molecule has 2 rings (SSSR count). The van der Waals surface area contributed by atoms with Crippen LogP contribution in [-0.4, -0.2) is 28.2 Å². The Labute approximate surface area is 66.0 Å². The van der Waals surface area contributed by atoms with Crippen molar-refractivity contribution in [3.63, 3.8) is 0 Å². The molecule has 11 heavy (non-hydrogen) atoms. The van der Waals surface area contributed by atoms with Gasteiger partial charge >= 0.3 is 0 Å². The van der Waals surface area contributed by atoms with E-state index >= 15 is 0 Å². The highest BCUT2D eigenvalue weighted by atomic mass is 16.7. The van der Waals surface area contributed by atoms with Gasteiger partial charge in [0.15, 0.2) is 5.79 Å². The Balaban J connectivity index is 2.08. The summed E-state index contributed by atoms with van der Waals surface area (Å²) in [5.41, 5.74) is -0.177. The zero-order chi connectivity index (χ0) is 7.95. The molecule has 0 aliphatic carbocycles. The Hall–Kier alpha value is -0.120. The van der Waals surface area contributed by atoms with Crippen molar-refractivity contribution in [3.05, 3.63) is 0 Å². The highest BCUT2D eigenvalue weighted by molar-refractivity contribution is 4.99. The Morgan fingerprint density at radius 1 is 1.18 bits per heavy atom. The van der Waals surface area contributed by atoms with Crippen molar-refractivity contribution in [2.24, 2.45) is 0 Å². The fourth-order valence-electron chi connectivity index (χ4n) is 2.21. The minimum absolute atomic E-state index is 0.163. The molecule has 3 heteroatoms. The maximum Gasteiger partial charge on any atom is 0.166 e. The molecule has 2 aliphatic heterocycles. The number of aliphatic hydroxyl groups is 2. The maximum atomic E-state index is 9.63. The second-order valence-corrected chi connectivity index (χ2v) is 3.70. The van der Waals surface area contributed by atoms with Crippen molar-refractivity contribution in [2.75, 3.05) is 6.61 Å². The van der Waals surface area contributed by atoms with Gasteiger partial charge in [0, 0.05) is 19.4 Å². The van der Waals surface area contributed by atoms with Crippen LogP contribution in [0.4, 0.5) is 0 Å². The molecule has 0 unspecified atom stereocenters. The first kappa shape index (κ1) is 7.53. The molecule has 2 heterocycles. The summed E-state index contributed by atoms with van der Waals surface area (Å²) in [6.07, 6.45) is 3.98. The van der Waals surface area contributed by atoms with Gasteiger partial charge in [0.1, 0.15) is 0 Å². The van der Waals surface area contributed by atoms with Crippen molar-refractivity contribution in [1.29, 1.82) is 0 Å². The zero-order valence-corrected chi connectivity index (χ0v) is 6.55. The van der Waals surface area contributed by atoms with E-state index in [0.717, 1.165) is 25.7 Å². The molecule has 3 nitrogen and oxygen atoms in total. The molecule has 64 valence electrons. The topological polar surface area (TPSA) is 49.7 Å². The minimum atomic E-state index is -0.838. The Morgan fingerprint density at radius 2 is 1.82 bits per heavy atom. The normalized spacial score (nSPS) is 48.5. The third-order valence-electron chi connectivity index (χ3n) is 2.92. The summed E-state index contributed by atoms with van der Waals surface area (Å²) >= 11 is 0. The van der Waals surface area contributed by atoms with Gasteiger partial charge in [0.2, 0.25) is 0 Å². The molecule has 0 amide bonds. The van der Waals surface area contributed by atoms with Crippen LogP contribution in [0.5, 0.6) is 0 Å². The summed E-state index contributed by atoms with van der Waals surface area (Å²) in [7, 11) is 0. The van der Waals surface area contributed by atoms with E-state index in [1.807, 2.05) is 0 Å². The second-order valence-electron chi connectivity index (χ2n) is 3.70. The molecule has 2 fully saturated rings. The van der Waals surface area contributed by atoms with Crippen LogP contribution in [0.15, 0.2) is 0 Å². The summed E-state index contributed by atoms with van der Waals surface area (Å²) in [4.78, 5) is 0. The van der Waals surface area contributed by atoms with Gasteiger partial charge in [0.25, 0.3) is 0 Å². The highest BCUT2D eigenvalue weighted by Crippen LogP contribution is 2.50. The monoisotopic (exact) mass is 158 g/mol. The third-order valence-corrected chi connectivity index (χ3v) is 2.92. The van der Waals surface area contributed by atoms with Gasteiger partial charge in [-0.2, -0.15) is 0 Å².